The number of allylic oxidation sites excluding steroid dienone is 1. The van der Waals surface area contributed by atoms with Gasteiger partial charge in [0.15, 0.2) is 16.7 Å². The Morgan fingerprint density at radius 2 is 1.95 bits per heavy atom. The molecule has 4 rings (SSSR count). The number of benzene rings is 2. The van der Waals surface area contributed by atoms with Crippen molar-refractivity contribution in [1.29, 1.82) is 0 Å². The Morgan fingerprint density at radius 1 is 1.19 bits per heavy atom. The molecule has 1 aromatic heterocycles. The van der Waals surface area contributed by atoms with Crippen molar-refractivity contribution in [2.24, 2.45) is 0 Å². The predicted octanol–water partition coefficient (Wildman–Crippen LogP) is 4.99. The van der Waals surface area contributed by atoms with Gasteiger partial charge in [-0.1, -0.05) is 72.5 Å². The zero-order valence-corrected chi connectivity index (χ0v) is 21.0. The first-order valence-corrected chi connectivity index (χ1v) is 12.1. The van der Waals surface area contributed by atoms with Gasteiger partial charge in [-0.05, 0) is 36.3 Å². The summed E-state index contributed by atoms with van der Waals surface area (Å²) in [4.78, 5) is 44.8. The van der Waals surface area contributed by atoms with E-state index in [-0.39, 0.29) is 22.2 Å². The molecule has 37 heavy (non-hydrogen) atoms. The normalized spacial score (nSPS) is 15.4. The molecule has 3 aromatic rings. The Balaban J connectivity index is 1.81. The summed E-state index contributed by atoms with van der Waals surface area (Å²) in [5.41, 5.74) is 1.56. The number of carbonyl (C=O) groups excluding carboxylic acids is 3. The van der Waals surface area contributed by atoms with E-state index in [1.54, 1.807) is 43.3 Å². The van der Waals surface area contributed by atoms with E-state index in [1.807, 2.05) is 30.3 Å². The van der Waals surface area contributed by atoms with Crippen LogP contribution in [0.1, 0.15) is 32.5 Å². The molecule has 1 amide bonds. The average molecular weight is 517 g/mol. The fourth-order valence-corrected chi connectivity index (χ4v) is 4.90. The summed E-state index contributed by atoms with van der Waals surface area (Å²) in [5.74, 6) is -2.13. The van der Waals surface area contributed by atoms with Gasteiger partial charge in [0.2, 0.25) is 0 Å². The first-order valence-electron chi connectivity index (χ1n) is 11.3. The van der Waals surface area contributed by atoms with Crippen LogP contribution >= 0.6 is 11.3 Å². The molecule has 9 heteroatoms. The van der Waals surface area contributed by atoms with Gasteiger partial charge in [0, 0.05) is 0 Å². The number of aliphatic hydroxyl groups is 1. The fourth-order valence-electron chi connectivity index (χ4n) is 3.89. The van der Waals surface area contributed by atoms with Gasteiger partial charge in [0.25, 0.3) is 5.91 Å². The third kappa shape index (κ3) is 5.22. The van der Waals surface area contributed by atoms with Gasteiger partial charge in [0.1, 0.15) is 17.2 Å². The van der Waals surface area contributed by atoms with Crippen LogP contribution in [-0.2, 0) is 14.3 Å². The molecule has 1 unspecified atom stereocenters. The van der Waals surface area contributed by atoms with E-state index in [1.165, 1.54) is 18.1 Å². The van der Waals surface area contributed by atoms with Crippen LogP contribution < -0.4 is 9.64 Å². The molecule has 0 radical (unpaired) electrons. The number of ether oxygens (including phenoxy) is 2. The molecule has 1 N–H and O–H groups in total. The van der Waals surface area contributed by atoms with Crippen molar-refractivity contribution >= 4 is 40.2 Å². The number of hydrogen-bond acceptors (Lipinski definition) is 8. The first-order chi connectivity index (χ1) is 17.8. The van der Waals surface area contributed by atoms with Crippen molar-refractivity contribution in [2.45, 2.75) is 13.0 Å². The summed E-state index contributed by atoms with van der Waals surface area (Å²) in [6.45, 7) is 5.52. The molecule has 0 saturated carbocycles. The molecule has 8 nitrogen and oxygen atoms in total. The lowest BCUT2D eigenvalue weighted by Crippen LogP contribution is -2.30. The number of aromatic nitrogens is 1. The number of esters is 1. The zero-order valence-electron chi connectivity index (χ0n) is 20.2. The number of aryl methyl sites for hydroxylation is 1. The highest BCUT2D eigenvalue weighted by atomic mass is 32.1. The van der Waals surface area contributed by atoms with Gasteiger partial charge >= 0.3 is 5.97 Å². The van der Waals surface area contributed by atoms with Gasteiger partial charge in [-0.2, -0.15) is 0 Å². The highest BCUT2D eigenvalue weighted by Gasteiger charge is 2.45. The lowest BCUT2D eigenvalue weighted by atomic mass is 9.95. The second-order valence-electron chi connectivity index (χ2n) is 8.02. The molecule has 0 saturated heterocycles. The lowest BCUT2D eigenvalue weighted by molar-refractivity contribution is -0.117. The van der Waals surface area contributed by atoms with E-state index in [4.69, 9.17) is 9.47 Å². The van der Waals surface area contributed by atoms with Gasteiger partial charge < -0.3 is 14.6 Å². The number of thiazole rings is 1. The van der Waals surface area contributed by atoms with Crippen molar-refractivity contribution in [3.05, 3.63) is 106 Å². The molecule has 2 aromatic carbocycles. The van der Waals surface area contributed by atoms with Crippen LogP contribution in [0.5, 0.6) is 5.75 Å². The van der Waals surface area contributed by atoms with Crippen LogP contribution in [0.4, 0.5) is 5.13 Å². The van der Waals surface area contributed by atoms with Gasteiger partial charge in [-0.3, -0.25) is 14.5 Å². The number of anilines is 1. The number of rotatable bonds is 9. The number of hydrogen-bond donors (Lipinski definition) is 1. The van der Waals surface area contributed by atoms with Gasteiger partial charge in [-0.15, -0.1) is 0 Å². The minimum atomic E-state index is -1.01. The standard InChI is InChI=1S/C28H24N2O6S/c1-4-15-36-20-12-8-11-19(16-20)23-22(21(31)14-13-18-9-6-5-7-10-18)24(32)26(33)30(23)28-29-17(2)25(37-28)27(34)35-3/h4-14,16,23,32H,1,15H2,2-3H3. The minimum absolute atomic E-state index is 0.106. The van der Waals surface area contributed by atoms with Crippen LogP contribution in [0, 0.1) is 6.92 Å². The van der Waals surface area contributed by atoms with Gasteiger partial charge in [0.05, 0.1) is 24.4 Å². The van der Waals surface area contributed by atoms with Crippen molar-refractivity contribution in [1.82, 2.24) is 4.98 Å². The van der Waals surface area contributed by atoms with E-state index in [0.717, 1.165) is 16.9 Å². The van der Waals surface area contributed by atoms with Crippen molar-refractivity contribution in [3.63, 3.8) is 0 Å². The predicted molar refractivity (Wildman–Crippen MR) is 141 cm³/mol. The highest BCUT2D eigenvalue weighted by Crippen LogP contribution is 2.43. The monoisotopic (exact) mass is 516 g/mol. The molecule has 0 spiro atoms. The van der Waals surface area contributed by atoms with Gasteiger partial charge in [-0.25, -0.2) is 9.78 Å². The maximum Gasteiger partial charge on any atom is 0.350 e. The number of methoxy groups -OCH3 is 1. The molecule has 0 aliphatic carbocycles. The Labute approximate surface area is 217 Å². The number of amides is 1. The van der Waals surface area contributed by atoms with Crippen LogP contribution in [0.2, 0.25) is 0 Å². The summed E-state index contributed by atoms with van der Waals surface area (Å²) < 4.78 is 10.5. The molecule has 0 fully saturated rings. The van der Waals surface area contributed by atoms with Crippen LogP contribution in [-0.4, -0.2) is 41.5 Å². The molecule has 2 heterocycles. The Bertz CT molecular complexity index is 1420. The maximum absolute atomic E-state index is 13.4. The van der Waals surface area contributed by atoms with Crippen LogP contribution in [0.3, 0.4) is 0 Å². The second kappa shape index (κ2) is 11.0. The summed E-state index contributed by atoms with van der Waals surface area (Å²) in [6, 6.07) is 15.0. The minimum Gasteiger partial charge on any atom is -0.503 e. The topological polar surface area (TPSA) is 106 Å². The maximum atomic E-state index is 13.4. The zero-order chi connectivity index (χ0) is 26.5. The van der Waals surface area contributed by atoms with E-state index in [2.05, 4.69) is 11.6 Å². The molecule has 1 aliphatic heterocycles. The fraction of sp³-hybridized carbons (Fsp3) is 0.143. The molecule has 188 valence electrons. The summed E-state index contributed by atoms with van der Waals surface area (Å²) >= 11 is 0.944. The second-order valence-corrected chi connectivity index (χ2v) is 9.00. The summed E-state index contributed by atoms with van der Waals surface area (Å²) in [5, 5.41) is 11.1. The molecular weight excluding hydrogens is 492 g/mol. The van der Waals surface area contributed by atoms with Crippen molar-refractivity contribution < 1.29 is 29.0 Å². The third-order valence-electron chi connectivity index (χ3n) is 5.60. The average Bonchev–Trinajstić information content (AvgIpc) is 3.42. The SMILES string of the molecule is C=CCOc1cccc(C2C(C(=O)C=Cc3ccccc3)=C(O)C(=O)N2c2nc(C)c(C(=O)OC)s2)c1. The van der Waals surface area contributed by atoms with E-state index >= 15 is 0 Å². The molecular formula is C28H24N2O6S. The summed E-state index contributed by atoms with van der Waals surface area (Å²) in [6.07, 6.45) is 4.52. The number of aliphatic hydroxyl groups excluding tert-OH is 1. The van der Waals surface area contributed by atoms with Crippen molar-refractivity contribution in [3.8, 4) is 5.75 Å². The molecule has 1 aliphatic rings. The lowest BCUT2D eigenvalue weighted by Gasteiger charge is -2.24. The first kappa shape index (κ1) is 25.6. The number of carbonyl (C=O) groups is 3. The van der Waals surface area contributed by atoms with Crippen LogP contribution in [0.25, 0.3) is 6.08 Å². The van der Waals surface area contributed by atoms with E-state index < -0.39 is 29.5 Å². The Hall–Kier alpha value is -4.50. The number of ketones is 1. The summed E-state index contributed by atoms with van der Waals surface area (Å²) in [7, 11) is 1.25. The smallest absolute Gasteiger partial charge is 0.350 e. The largest absolute Gasteiger partial charge is 0.503 e. The molecule has 0 bridgehead atoms. The van der Waals surface area contributed by atoms with Crippen LogP contribution in [0.15, 0.2) is 84.7 Å². The Kier molecular flexibility index (Phi) is 7.64. The third-order valence-corrected chi connectivity index (χ3v) is 6.74. The van der Waals surface area contributed by atoms with Crippen molar-refractivity contribution in [2.75, 3.05) is 18.6 Å². The van der Waals surface area contributed by atoms with E-state index in [0.29, 0.717) is 17.0 Å². The molecule has 1 atom stereocenters. The quantitative estimate of drug-likeness (QED) is 0.243. The Morgan fingerprint density at radius 3 is 2.65 bits per heavy atom. The number of nitrogens with zero attached hydrogens (tertiary/aromatic N) is 2. The van der Waals surface area contributed by atoms with E-state index in [9.17, 15) is 19.5 Å². The highest BCUT2D eigenvalue weighted by molar-refractivity contribution is 7.17.